The Labute approximate surface area is 95.6 Å². The number of aliphatic carboxylic acids is 1. The molecule has 16 heavy (non-hydrogen) atoms. The summed E-state index contributed by atoms with van der Waals surface area (Å²) in [7, 11) is 0. The number of carboxylic acids is 1. The number of hydrogen-bond donors (Lipinski definition) is 2. The van der Waals surface area contributed by atoms with Crippen molar-refractivity contribution in [2.75, 3.05) is 6.54 Å². The largest absolute Gasteiger partial charge is 0.480 e. The van der Waals surface area contributed by atoms with Gasteiger partial charge in [-0.15, -0.1) is 0 Å². The Kier molecular flexibility index (Phi) is 4.73. The first-order valence-corrected chi connectivity index (χ1v) is 5.77. The normalized spacial score (nSPS) is 16.9. The van der Waals surface area contributed by atoms with E-state index in [0.29, 0.717) is 6.42 Å². The lowest BCUT2D eigenvalue weighted by molar-refractivity contribution is -0.145. The van der Waals surface area contributed by atoms with Crippen molar-refractivity contribution in [2.45, 2.75) is 51.1 Å². The third kappa shape index (κ3) is 4.61. The van der Waals surface area contributed by atoms with Gasteiger partial charge < -0.3 is 15.7 Å². The van der Waals surface area contributed by atoms with Crippen molar-refractivity contribution < 1.29 is 14.7 Å². The maximum atomic E-state index is 11.8. The molecular formula is C11H20N2O3. The van der Waals surface area contributed by atoms with Crippen LogP contribution in [0, 0.1) is 0 Å². The molecule has 0 heterocycles. The summed E-state index contributed by atoms with van der Waals surface area (Å²) in [6, 6.07) is 0.264. The molecule has 5 nitrogen and oxygen atoms in total. The van der Waals surface area contributed by atoms with E-state index in [1.165, 1.54) is 4.90 Å². The zero-order chi connectivity index (χ0) is 12.1. The van der Waals surface area contributed by atoms with Gasteiger partial charge in [-0.05, 0) is 32.6 Å². The van der Waals surface area contributed by atoms with Crippen LogP contribution >= 0.6 is 0 Å². The van der Waals surface area contributed by atoms with Gasteiger partial charge in [0, 0.05) is 18.5 Å². The molecule has 0 saturated heterocycles. The average molecular weight is 228 g/mol. The quantitative estimate of drug-likeness (QED) is 0.667. The van der Waals surface area contributed by atoms with Gasteiger partial charge in [-0.3, -0.25) is 9.59 Å². The van der Waals surface area contributed by atoms with E-state index in [1.54, 1.807) is 0 Å². The maximum absolute atomic E-state index is 11.8. The highest BCUT2D eigenvalue weighted by Gasteiger charge is 2.33. The Bertz CT molecular complexity index is 262. The molecule has 1 aliphatic carbocycles. The monoisotopic (exact) mass is 228 g/mol. The standard InChI is InChI=1S/C11H20N2O3/c1-8(12)3-2-4-10(14)13(7-11(15)16)9-5-6-9/h8-9H,2-7,12H2,1H3,(H,15,16). The summed E-state index contributed by atoms with van der Waals surface area (Å²) >= 11 is 0. The fourth-order valence-electron chi connectivity index (χ4n) is 1.67. The molecule has 0 spiro atoms. The second-order valence-corrected chi connectivity index (χ2v) is 4.52. The Morgan fingerprint density at radius 3 is 2.56 bits per heavy atom. The molecule has 1 fully saturated rings. The van der Waals surface area contributed by atoms with Gasteiger partial charge >= 0.3 is 5.97 Å². The van der Waals surface area contributed by atoms with Gasteiger partial charge in [-0.25, -0.2) is 0 Å². The van der Waals surface area contributed by atoms with E-state index in [2.05, 4.69) is 0 Å². The first-order valence-electron chi connectivity index (χ1n) is 5.77. The van der Waals surface area contributed by atoms with Crippen LogP contribution in [0.5, 0.6) is 0 Å². The van der Waals surface area contributed by atoms with E-state index >= 15 is 0 Å². The Balaban J connectivity index is 2.32. The van der Waals surface area contributed by atoms with Crippen LogP contribution in [0.25, 0.3) is 0 Å². The Morgan fingerprint density at radius 2 is 2.12 bits per heavy atom. The predicted molar refractivity (Wildman–Crippen MR) is 59.9 cm³/mol. The van der Waals surface area contributed by atoms with Crippen LogP contribution in [-0.2, 0) is 9.59 Å². The molecular weight excluding hydrogens is 208 g/mol. The lowest BCUT2D eigenvalue weighted by atomic mass is 10.1. The summed E-state index contributed by atoms with van der Waals surface area (Å²) < 4.78 is 0. The summed E-state index contributed by atoms with van der Waals surface area (Å²) in [5.41, 5.74) is 5.59. The molecule has 0 aliphatic heterocycles. The summed E-state index contributed by atoms with van der Waals surface area (Å²) in [5.74, 6) is -0.988. The van der Waals surface area contributed by atoms with Crippen molar-refractivity contribution in [2.24, 2.45) is 5.73 Å². The third-order valence-electron chi connectivity index (χ3n) is 2.66. The second-order valence-electron chi connectivity index (χ2n) is 4.52. The van der Waals surface area contributed by atoms with E-state index in [9.17, 15) is 9.59 Å². The van der Waals surface area contributed by atoms with E-state index in [0.717, 1.165) is 25.7 Å². The minimum absolute atomic E-state index is 0.0504. The minimum Gasteiger partial charge on any atom is -0.480 e. The molecule has 1 saturated carbocycles. The molecule has 0 aromatic carbocycles. The molecule has 0 bridgehead atoms. The number of amides is 1. The van der Waals surface area contributed by atoms with Crippen LogP contribution in [-0.4, -0.2) is 40.5 Å². The zero-order valence-corrected chi connectivity index (χ0v) is 9.69. The molecule has 0 aromatic rings. The Morgan fingerprint density at radius 1 is 1.50 bits per heavy atom. The Hall–Kier alpha value is -1.10. The zero-order valence-electron chi connectivity index (χ0n) is 9.69. The number of carboxylic acid groups (broad SMARTS) is 1. The number of hydrogen-bond acceptors (Lipinski definition) is 3. The fraction of sp³-hybridized carbons (Fsp3) is 0.818. The molecule has 1 aliphatic rings. The summed E-state index contributed by atoms with van der Waals surface area (Å²) in [6.07, 6.45) is 3.82. The predicted octanol–water partition coefficient (Wildman–Crippen LogP) is 0.580. The molecule has 5 heteroatoms. The maximum Gasteiger partial charge on any atom is 0.323 e. The SMILES string of the molecule is CC(N)CCCC(=O)N(CC(=O)O)C1CC1. The highest BCUT2D eigenvalue weighted by atomic mass is 16.4. The molecule has 3 N–H and O–H groups in total. The van der Waals surface area contributed by atoms with Crippen molar-refractivity contribution in [3.63, 3.8) is 0 Å². The summed E-state index contributed by atoms with van der Waals surface area (Å²) in [5, 5.41) is 8.71. The van der Waals surface area contributed by atoms with Crippen LogP contribution in [0.2, 0.25) is 0 Å². The smallest absolute Gasteiger partial charge is 0.323 e. The van der Waals surface area contributed by atoms with Crippen LogP contribution < -0.4 is 5.73 Å². The number of carbonyl (C=O) groups excluding carboxylic acids is 1. The highest BCUT2D eigenvalue weighted by Crippen LogP contribution is 2.27. The van der Waals surface area contributed by atoms with Crippen LogP contribution in [0.3, 0.4) is 0 Å². The first kappa shape index (κ1) is 13.0. The van der Waals surface area contributed by atoms with Gasteiger partial charge in [0.25, 0.3) is 0 Å². The lowest BCUT2D eigenvalue weighted by Crippen LogP contribution is -2.37. The molecule has 92 valence electrons. The summed E-state index contributed by atoms with van der Waals surface area (Å²) in [4.78, 5) is 23.9. The number of nitrogens with two attached hydrogens (primary N) is 1. The number of rotatable bonds is 7. The first-order chi connectivity index (χ1) is 7.50. The molecule has 0 radical (unpaired) electrons. The highest BCUT2D eigenvalue weighted by molar-refractivity contribution is 5.81. The summed E-state index contributed by atoms with van der Waals surface area (Å²) in [6.45, 7) is 1.74. The molecule has 1 atom stereocenters. The van der Waals surface area contributed by atoms with Gasteiger partial charge in [0.15, 0.2) is 0 Å². The number of nitrogens with zero attached hydrogens (tertiary/aromatic N) is 1. The van der Waals surface area contributed by atoms with Crippen molar-refractivity contribution in [3.05, 3.63) is 0 Å². The second kappa shape index (κ2) is 5.84. The number of carbonyl (C=O) groups is 2. The van der Waals surface area contributed by atoms with E-state index < -0.39 is 5.97 Å². The van der Waals surface area contributed by atoms with Crippen molar-refractivity contribution in [3.8, 4) is 0 Å². The van der Waals surface area contributed by atoms with Crippen molar-refractivity contribution in [1.29, 1.82) is 0 Å². The van der Waals surface area contributed by atoms with Crippen molar-refractivity contribution >= 4 is 11.9 Å². The molecule has 1 amide bonds. The van der Waals surface area contributed by atoms with E-state index in [-0.39, 0.29) is 24.5 Å². The topological polar surface area (TPSA) is 83.6 Å². The van der Waals surface area contributed by atoms with Gasteiger partial charge in [0.2, 0.25) is 5.91 Å². The minimum atomic E-state index is -0.938. The van der Waals surface area contributed by atoms with Crippen LogP contribution in [0.1, 0.15) is 39.0 Å². The van der Waals surface area contributed by atoms with Crippen molar-refractivity contribution in [1.82, 2.24) is 4.90 Å². The molecule has 0 aromatic heterocycles. The average Bonchev–Trinajstić information content (AvgIpc) is 2.96. The lowest BCUT2D eigenvalue weighted by Gasteiger charge is -2.20. The van der Waals surface area contributed by atoms with Gasteiger partial charge in [-0.2, -0.15) is 0 Å². The van der Waals surface area contributed by atoms with Crippen LogP contribution in [0.15, 0.2) is 0 Å². The fourth-order valence-corrected chi connectivity index (χ4v) is 1.67. The van der Waals surface area contributed by atoms with Gasteiger partial charge in [0.05, 0.1) is 0 Å². The third-order valence-corrected chi connectivity index (χ3v) is 2.66. The molecule has 1 rings (SSSR count). The van der Waals surface area contributed by atoms with Gasteiger partial charge in [-0.1, -0.05) is 0 Å². The molecule has 1 unspecified atom stereocenters. The van der Waals surface area contributed by atoms with Gasteiger partial charge in [0.1, 0.15) is 6.54 Å². The van der Waals surface area contributed by atoms with E-state index in [4.69, 9.17) is 10.8 Å². The van der Waals surface area contributed by atoms with Crippen LogP contribution in [0.4, 0.5) is 0 Å². The van der Waals surface area contributed by atoms with E-state index in [1.807, 2.05) is 6.92 Å².